The number of pyridine rings is 1. The number of ether oxygens (including phenoxy) is 1. The maximum Gasteiger partial charge on any atom is 0.163 e. The zero-order valence-electron chi connectivity index (χ0n) is 20.2. The van der Waals surface area contributed by atoms with E-state index in [0.717, 1.165) is 33.9 Å². The molecule has 4 N–H and O–H groups in total. The van der Waals surface area contributed by atoms with Gasteiger partial charge in [0.25, 0.3) is 0 Å². The number of hydrogen-bond acceptors (Lipinski definition) is 9. The molecule has 182 valence electrons. The van der Waals surface area contributed by atoms with Gasteiger partial charge in [-0.2, -0.15) is 10.4 Å². The molecule has 0 aliphatic carbocycles. The molecule has 36 heavy (non-hydrogen) atoms. The van der Waals surface area contributed by atoms with Gasteiger partial charge in [0.1, 0.15) is 29.8 Å². The van der Waals surface area contributed by atoms with Crippen LogP contribution in [0.1, 0.15) is 36.9 Å². The second kappa shape index (κ2) is 9.09. The standard InChI is InChI=1S/C25H25N9O2/c1-14-5-7-23(31-30-14)28-20-10-19-21(11-22(20)36-4)33(13-27-19)24-8-6-18(16(3)35)25(29-24)34-15(2)9-17(12-26)32-34/h5-11,13,16,28,30-31,35H,1-4H3. The monoisotopic (exact) mass is 483 g/mol. The van der Waals surface area contributed by atoms with Crippen LogP contribution in [-0.2, 0) is 0 Å². The molecule has 4 heterocycles. The van der Waals surface area contributed by atoms with Crippen LogP contribution in [0.2, 0.25) is 0 Å². The highest BCUT2D eigenvalue weighted by Gasteiger charge is 2.18. The minimum Gasteiger partial charge on any atom is -0.494 e. The van der Waals surface area contributed by atoms with Gasteiger partial charge in [-0.05, 0) is 57.2 Å². The summed E-state index contributed by atoms with van der Waals surface area (Å²) >= 11 is 0. The fraction of sp³-hybridized carbons (Fsp3) is 0.200. The lowest BCUT2D eigenvalue weighted by molar-refractivity contribution is 0.198. The second-order valence-corrected chi connectivity index (χ2v) is 8.41. The van der Waals surface area contributed by atoms with Gasteiger partial charge in [0.15, 0.2) is 11.5 Å². The van der Waals surface area contributed by atoms with Crippen LogP contribution in [0, 0.1) is 18.3 Å². The smallest absolute Gasteiger partial charge is 0.163 e. The Bertz CT molecular complexity index is 1570. The molecular weight excluding hydrogens is 458 g/mol. The summed E-state index contributed by atoms with van der Waals surface area (Å²) in [5, 5.41) is 27.3. The third-order valence-corrected chi connectivity index (χ3v) is 5.82. The molecule has 0 fully saturated rings. The number of aromatic nitrogens is 5. The summed E-state index contributed by atoms with van der Waals surface area (Å²) in [5.41, 5.74) is 11.0. The molecule has 0 saturated carbocycles. The summed E-state index contributed by atoms with van der Waals surface area (Å²) in [5.74, 6) is 2.42. The van der Waals surface area contributed by atoms with E-state index in [4.69, 9.17) is 9.72 Å². The molecule has 1 aliphatic rings. The number of rotatable bonds is 6. The zero-order chi connectivity index (χ0) is 25.4. The van der Waals surface area contributed by atoms with E-state index in [2.05, 4.69) is 26.3 Å². The van der Waals surface area contributed by atoms with Crippen LogP contribution < -0.4 is 20.9 Å². The van der Waals surface area contributed by atoms with Gasteiger partial charge in [0, 0.05) is 23.0 Å². The highest BCUT2D eigenvalue weighted by Crippen LogP contribution is 2.32. The van der Waals surface area contributed by atoms with E-state index < -0.39 is 6.10 Å². The number of methoxy groups -OCH3 is 1. The summed E-state index contributed by atoms with van der Waals surface area (Å²) in [6.45, 7) is 5.46. The number of fused-ring (bicyclic) bond motifs is 1. The Morgan fingerprint density at radius 2 is 2.00 bits per heavy atom. The van der Waals surface area contributed by atoms with Crippen molar-refractivity contribution in [3.8, 4) is 23.5 Å². The highest BCUT2D eigenvalue weighted by molar-refractivity contribution is 5.85. The number of aliphatic hydroxyl groups excluding tert-OH is 1. The van der Waals surface area contributed by atoms with Crippen molar-refractivity contribution >= 4 is 16.7 Å². The number of aryl methyl sites for hydroxylation is 1. The van der Waals surface area contributed by atoms with Crippen molar-refractivity contribution in [3.05, 3.63) is 77.3 Å². The summed E-state index contributed by atoms with van der Waals surface area (Å²) in [4.78, 5) is 9.38. The maximum absolute atomic E-state index is 10.4. The van der Waals surface area contributed by atoms with Crippen molar-refractivity contribution < 1.29 is 9.84 Å². The number of nitrogens with one attached hydrogen (secondary N) is 3. The third-order valence-electron chi connectivity index (χ3n) is 5.82. The van der Waals surface area contributed by atoms with Gasteiger partial charge in [-0.3, -0.25) is 9.99 Å². The fourth-order valence-electron chi connectivity index (χ4n) is 3.98. The first-order chi connectivity index (χ1) is 17.4. The molecule has 0 amide bonds. The van der Waals surface area contributed by atoms with Gasteiger partial charge in [-0.15, -0.1) is 0 Å². The summed E-state index contributed by atoms with van der Waals surface area (Å²) in [6.07, 6.45) is 4.79. The largest absolute Gasteiger partial charge is 0.494 e. The number of aliphatic hydroxyl groups is 1. The molecule has 1 atom stereocenters. The summed E-state index contributed by atoms with van der Waals surface area (Å²) < 4.78 is 9.07. The molecule has 4 aromatic rings. The summed E-state index contributed by atoms with van der Waals surface area (Å²) in [6, 6.07) is 11.1. The van der Waals surface area contributed by atoms with Crippen molar-refractivity contribution in [2.45, 2.75) is 26.9 Å². The van der Waals surface area contributed by atoms with Crippen LogP contribution in [0.5, 0.6) is 5.75 Å². The molecular formula is C25H25N9O2. The Labute approximate surface area is 207 Å². The Morgan fingerprint density at radius 3 is 2.67 bits per heavy atom. The molecule has 1 unspecified atom stereocenters. The number of nitrogens with zero attached hydrogens (tertiary/aromatic N) is 6. The van der Waals surface area contributed by atoms with Crippen LogP contribution in [0.4, 0.5) is 5.69 Å². The Morgan fingerprint density at radius 1 is 1.17 bits per heavy atom. The summed E-state index contributed by atoms with van der Waals surface area (Å²) in [7, 11) is 1.61. The van der Waals surface area contributed by atoms with E-state index in [9.17, 15) is 10.4 Å². The van der Waals surface area contributed by atoms with Crippen LogP contribution in [-0.4, -0.2) is 36.5 Å². The normalized spacial score (nSPS) is 13.8. The van der Waals surface area contributed by atoms with Crippen molar-refractivity contribution in [3.63, 3.8) is 0 Å². The average Bonchev–Trinajstić information content (AvgIpc) is 3.47. The SMILES string of the molecule is COc1cc2c(cc1NC1=CC=C(C)NN1)ncn2-c1ccc(C(C)O)c(-n2nc(C#N)cc2C)n1. The topological polar surface area (TPSA) is 138 Å². The number of imidazole rings is 1. The number of allylic oxidation sites excluding steroid dienone is 3. The van der Waals surface area contributed by atoms with Crippen molar-refractivity contribution in [2.24, 2.45) is 0 Å². The van der Waals surface area contributed by atoms with Crippen molar-refractivity contribution in [1.29, 1.82) is 5.26 Å². The first kappa shape index (κ1) is 22.9. The van der Waals surface area contributed by atoms with Gasteiger partial charge in [0.05, 0.1) is 29.9 Å². The van der Waals surface area contributed by atoms with E-state index in [1.807, 2.05) is 54.8 Å². The van der Waals surface area contributed by atoms with E-state index >= 15 is 0 Å². The molecule has 3 aromatic heterocycles. The molecule has 0 saturated heterocycles. The Kier molecular flexibility index (Phi) is 5.79. The fourth-order valence-corrected chi connectivity index (χ4v) is 3.98. The molecule has 0 radical (unpaired) electrons. The average molecular weight is 484 g/mol. The van der Waals surface area contributed by atoms with E-state index in [-0.39, 0.29) is 5.69 Å². The third kappa shape index (κ3) is 4.10. The Hall–Kier alpha value is -4.82. The second-order valence-electron chi connectivity index (χ2n) is 8.41. The zero-order valence-corrected chi connectivity index (χ0v) is 20.2. The van der Waals surface area contributed by atoms with Crippen molar-refractivity contribution in [1.82, 2.24) is 35.2 Å². The number of anilines is 1. The molecule has 1 aliphatic heterocycles. The van der Waals surface area contributed by atoms with Gasteiger partial charge in [0.2, 0.25) is 0 Å². The highest BCUT2D eigenvalue weighted by atomic mass is 16.5. The molecule has 5 rings (SSSR count). The Balaban J connectivity index is 1.59. The lowest BCUT2D eigenvalue weighted by atomic mass is 10.1. The molecule has 0 spiro atoms. The van der Waals surface area contributed by atoms with Crippen LogP contribution in [0.3, 0.4) is 0 Å². The first-order valence-electron chi connectivity index (χ1n) is 11.3. The molecule has 0 bridgehead atoms. The lowest BCUT2D eigenvalue weighted by Gasteiger charge is -2.20. The minimum atomic E-state index is -0.778. The van der Waals surface area contributed by atoms with Gasteiger partial charge in [-0.25, -0.2) is 14.6 Å². The number of hydrogen-bond donors (Lipinski definition) is 4. The first-order valence-corrected chi connectivity index (χ1v) is 11.3. The number of benzene rings is 1. The predicted molar refractivity (Wildman–Crippen MR) is 134 cm³/mol. The van der Waals surface area contributed by atoms with E-state index in [0.29, 0.717) is 22.9 Å². The maximum atomic E-state index is 10.4. The van der Waals surface area contributed by atoms with Gasteiger partial charge < -0.3 is 20.6 Å². The van der Waals surface area contributed by atoms with E-state index in [1.165, 1.54) is 0 Å². The van der Waals surface area contributed by atoms with Crippen LogP contribution >= 0.6 is 0 Å². The predicted octanol–water partition coefficient (Wildman–Crippen LogP) is 3.11. The molecule has 11 heteroatoms. The van der Waals surface area contributed by atoms with Crippen LogP contribution in [0.25, 0.3) is 22.7 Å². The number of hydrazine groups is 1. The van der Waals surface area contributed by atoms with Gasteiger partial charge >= 0.3 is 0 Å². The molecule has 1 aromatic carbocycles. The van der Waals surface area contributed by atoms with E-state index in [1.54, 1.807) is 37.2 Å². The van der Waals surface area contributed by atoms with Crippen molar-refractivity contribution in [2.75, 3.05) is 12.4 Å². The quantitative estimate of drug-likeness (QED) is 0.326. The van der Waals surface area contributed by atoms with Gasteiger partial charge in [-0.1, -0.05) is 0 Å². The number of nitriles is 1. The molecule has 11 nitrogen and oxygen atoms in total. The lowest BCUT2D eigenvalue weighted by Crippen LogP contribution is -2.34. The van der Waals surface area contributed by atoms with Crippen LogP contribution in [0.15, 0.2) is 60.3 Å². The minimum absolute atomic E-state index is 0.275.